The zero-order valence-corrected chi connectivity index (χ0v) is 8.27. The van der Waals surface area contributed by atoms with Crippen LogP contribution in [-0.2, 0) is 4.74 Å². The lowest BCUT2D eigenvalue weighted by atomic mass is 10.5. The molecule has 1 heterocycles. The van der Waals surface area contributed by atoms with Crippen molar-refractivity contribution in [1.29, 1.82) is 0 Å². The van der Waals surface area contributed by atoms with Gasteiger partial charge in [0, 0.05) is 6.61 Å². The Labute approximate surface area is 83.3 Å². The smallest absolute Gasteiger partial charge is 0.234 e. The molecule has 14 heavy (non-hydrogen) atoms. The highest BCUT2D eigenvalue weighted by Crippen LogP contribution is 2.05. The summed E-state index contributed by atoms with van der Waals surface area (Å²) in [6.45, 7) is 3.85. The van der Waals surface area contributed by atoms with Crippen molar-refractivity contribution in [1.82, 2.24) is 9.97 Å². The largest absolute Gasteiger partial charge is 0.474 e. The van der Waals surface area contributed by atoms with Gasteiger partial charge in [-0.1, -0.05) is 6.92 Å². The van der Waals surface area contributed by atoms with Gasteiger partial charge in [0.15, 0.2) is 0 Å². The van der Waals surface area contributed by atoms with Crippen molar-refractivity contribution >= 4 is 5.82 Å². The van der Waals surface area contributed by atoms with Gasteiger partial charge < -0.3 is 15.2 Å². The molecule has 0 bridgehead atoms. The van der Waals surface area contributed by atoms with Crippen LogP contribution >= 0.6 is 0 Å². The van der Waals surface area contributed by atoms with Gasteiger partial charge in [-0.05, 0) is 6.42 Å². The van der Waals surface area contributed by atoms with Crippen LogP contribution in [0.15, 0.2) is 12.4 Å². The minimum absolute atomic E-state index is 0.358. The quantitative estimate of drug-likeness (QED) is 0.685. The van der Waals surface area contributed by atoms with E-state index in [1.807, 2.05) is 0 Å². The zero-order valence-electron chi connectivity index (χ0n) is 8.27. The van der Waals surface area contributed by atoms with E-state index in [1.54, 1.807) is 0 Å². The molecule has 5 heteroatoms. The van der Waals surface area contributed by atoms with Crippen LogP contribution in [-0.4, -0.2) is 29.8 Å². The molecule has 78 valence electrons. The zero-order chi connectivity index (χ0) is 10.2. The van der Waals surface area contributed by atoms with Crippen molar-refractivity contribution in [3.05, 3.63) is 12.4 Å². The summed E-state index contributed by atoms with van der Waals surface area (Å²) in [4.78, 5) is 7.77. The molecule has 1 aromatic rings. The van der Waals surface area contributed by atoms with Crippen LogP contribution in [0, 0.1) is 0 Å². The number of aromatic nitrogens is 2. The third kappa shape index (κ3) is 4.04. The molecule has 0 aliphatic heterocycles. The lowest BCUT2D eigenvalue weighted by Crippen LogP contribution is -2.08. The fraction of sp³-hybridized carbons (Fsp3) is 0.556. The van der Waals surface area contributed by atoms with Gasteiger partial charge in [-0.25, -0.2) is 0 Å². The lowest BCUT2D eigenvalue weighted by Gasteiger charge is -2.05. The van der Waals surface area contributed by atoms with E-state index in [1.165, 1.54) is 12.4 Å². The van der Waals surface area contributed by atoms with E-state index in [2.05, 4.69) is 16.9 Å². The number of ether oxygens (including phenoxy) is 2. The molecule has 0 radical (unpaired) electrons. The normalized spacial score (nSPS) is 10.1. The van der Waals surface area contributed by atoms with Gasteiger partial charge in [-0.3, -0.25) is 4.98 Å². The van der Waals surface area contributed by atoms with Gasteiger partial charge in [0.25, 0.3) is 0 Å². The number of anilines is 1. The van der Waals surface area contributed by atoms with Crippen molar-refractivity contribution in [3.8, 4) is 5.88 Å². The van der Waals surface area contributed by atoms with E-state index >= 15 is 0 Å². The molecule has 0 fully saturated rings. The average Bonchev–Trinajstić information content (AvgIpc) is 2.18. The summed E-state index contributed by atoms with van der Waals surface area (Å²) in [5.41, 5.74) is 5.43. The number of nitrogens with zero attached hydrogens (tertiary/aromatic N) is 2. The highest BCUT2D eigenvalue weighted by atomic mass is 16.5. The van der Waals surface area contributed by atoms with Crippen molar-refractivity contribution in [2.75, 3.05) is 25.6 Å². The number of hydrogen-bond acceptors (Lipinski definition) is 5. The standard InChI is InChI=1S/C9H15N3O2/c1-2-3-13-4-5-14-9-7-11-6-8(10)12-9/h6-7H,2-5H2,1H3,(H2,10,12). The Morgan fingerprint density at radius 1 is 1.29 bits per heavy atom. The summed E-state index contributed by atoms with van der Waals surface area (Å²) in [6, 6.07) is 0. The summed E-state index contributed by atoms with van der Waals surface area (Å²) in [6.07, 6.45) is 4.01. The maximum Gasteiger partial charge on any atom is 0.234 e. The molecule has 0 aliphatic rings. The molecule has 0 unspecified atom stereocenters. The Kier molecular flexibility index (Phi) is 4.71. The molecular formula is C9H15N3O2. The Morgan fingerprint density at radius 3 is 2.86 bits per heavy atom. The van der Waals surface area contributed by atoms with Crippen molar-refractivity contribution < 1.29 is 9.47 Å². The summed E-state index contributed by atoms with van der Waals surface area (Å²) < 4.78 is 10.5. The second kappa shape index (κ2) is 6.15. The number of nitrogens with two attached hydrogens (primary N) is 1. The van der Waals surface area contributed by atoms with Crippen LogP contribution in [0.2, 0.25) is 0 Å². The van der Waals surface area contributed by atoms with Crippen LogP contribution in [0.1, 0.15) is 13.3 Å². The summed E-state index contributed by atoms with van der Waals surface area (Å²) in [7, 11) is 0. The summed E-state index contributed by atoms with van der Waals surface area (Å²) >= 11 is 0. The van der Waals surface area contributed by atoms with Gasteiger partial charge in [0.1, 0.15) is 12.4 Å². The Morgan fingerprint density at radius 2 is 2.14 bits per heavy atom. The molecule has 0 amide bonds. The third-order valence-corrected chi connectivity index (χ3v) is 1.46. The lowest BCUT2D eigenvalue weighted by molar-refractivity contribution is 0.0989. The van der Waals surface area contributed by atoms with Crippen LogP contribution in [0.4, 0.5) is 5.82 Å². The maximum atomic E-state index is 5.43. The SMILES string of the molecule is CCCOCCOc1cncc(N)n1. The van der Waals surface area contributed by atoms with E-state index in [9.17, 15) is 0 Å². The Bertz CT molecular complexity index is 268. The van der Waals surface area contributed by atoms with Gasteiger partial charge in [-0.2, -0.15) is 4.98 Å². The predicted molar refractivity (Wildman–Crippen MR) is 53.0 cm³/mol. The van der Waals surface area contributed by atoms with Gasteiger partial charge in [-0.15, -0.1) is 0 Å². The molecule has 1 rings (SSSR count). The molecule has 0 aromatic carbocycles. The molecular weight excluding hydrogens is 182 g/mol. The summed E-state index contributed by atoms with van der Waals surface area (Å²) in [5.74, 6) is 0.794. The first-order chi connectivity index (χ1) is 6.83. The molecule has 0 saturated carbocycles. The monoisotopic (exact) mass is 197 g/mol. The first-order valence-corrected chi connectivity index (χ1v) is 4.61. The highest BCUT2D eigenvalue weighted by Gasteiger charge is 1.96. The van der Waals surface area contributed by atoms with Gasteiger partial charge in [0.2, 0.25) is 5.88 Å². The second-order valence-electron chi connectivity index (χ2n) is 2.74. The first kappa shape index (κ1) is 10.7. The molecule has 1 aromatic heterocycles. The topological polar surface area (TPSA) is 70.3 Å². The fourth-order valence-electron chi connectivity index (χ4n) is 0.883. The fourth-order valence-corrected chi connectivity index (χ4v) is 0.883. The number of nitrogen functional groups attached to an aromatic ring is 1. The van der Waals surface area contributed by atoms with Crippen LogP contribution < -0.4 is 10.5 Å². The van der Waals surface area contributed by atoms with Crippen molar-refractivity contribution in [3.63, 3.8) is 0 Å². The number of hydrogen-bond donors (Lipinski definition) is 1. The van der Waals surface area contributed by atoms with E-state index in [0.29, 0.717) is 24.9 Å². The summed E-state index contributed by atoms with van der Waals surface area (Å²) in [5, 5.41) is 0. The van der Waals surface area contributed by atoms with Crippen LogP contribution in [0.25, 0.3) is 0 Å². The minimum Gasteiger partial charge on any atom is -0.474 e. The molecule has 0 saturated heterocycles. The van der Waals surface area contributed by atoms with Gasteiger partial charge in [0.05, 0.1) is 19.0 Å². The molecule has 0 spiro atoms. The first-order valence-electron chi connectivity index (χ1n) is 4.61. The van der Waals surface area contributed by atoms with Crippen LogP contribution in [0.5, 0.6) is 5.88 Å². The molecule has 0 aliphatic carbocycles. The Hall–Kier alpha value is -1.36. The third-order valence-electron chi connectivity index (χ3n) is 1.46. The van der Waals surface area contributed by atoms with Gasteiger partial charge >= 0.3 is 0 Å². The van der Waals surface area contributed by atoms with E-state index < -0.39 is 0 Å². The highest BCUT2D eigenvalue weighted by molar-refractivity contribution is 5.25. The average molecular weight is 197 g/mol. The van der Waals surface area contributed by atoms with E-state index in [0.717, 1.165) is 13.0 Å². The predicted octanol–water partition coefficient (Wildman–Crippen LogP) is 0.864. The second-order valence-corrected chi connectivity index (χ2v) is 2.74. The molecule has 2 N–H and O–H groups in total. The van der Waals surface area contributed by atoms with Crippen LogP contribution in [0.3, 0.4) is 0 Å². The van der Waals surface area contributed by atoms with Crippen molar-refractivity contribution in [2.24, 2.45) is 0 Å². The van der Waals surface area contributed by atoms with E-state index in [4.69, 9.17) is 15.2 Å². The van der Waals surface area contributed by atoms with E-state index in [-0.39, 0.29) is 0 Å². The molecule has 5 nitrogen and oxygen atoms in total. The number of rotatable bonds is 6. The Balaban J connectivity index is 2.18. The minimum atomic E-state index is 0.358. The maximum absolute atomic E-state index is 5.43. The van der Waals surface area contributed by atoms with Crippen molar-refractivity contribution in [2.45, 2.75) is 13.3 Å². The molecule has 0 atom stereocenters.